The molecule has 1 aliphatic rings. The van der Waals surface area contributed by atoms with Crippen molar-refractivity contribution in [2.45, 2.75) is 17.9 Å². The Bertz CT molecular complexity index is 570. The van der Waals surface area contributed by atoms with Crippen molar-refractivity contribution in [1.29, 1.82) is 0 Å². The van der Waals surface area contributed by atoms with Crippen LogP contribution in [-0.4, -0.2) is 49.8 Å². The molecule has 0 bridgehead atoms. The van der Waals surface area contributed by atoms with Crippen molar-refractivity contribution in [3.05, 3.63) is 18.3 Å². The first-order valence-corrected chi connectivity index (χ1v) is 7.34. The molecule has 8 heteroatoms. The van der Waals surface area contributed by atoms with Gasteiger partial charge in [0.2, 0.25) is 15.9 Å². The largest absolute Gasteiger partial charge is 0.373 e. The molecular formula is C11H16N4O3S. The molecule has 0 radical (unpaired) electrons. The second kappa shape index (κ2) is 5.14. The van der Waals surface area contributed by atoms with Gasteiger partial charge in [0.05, 0.1) is 0 Å². The number of nitrogens with zero attached hydrogens (tertiary/aromatic N) is 2. The van der Waals surface area contributed by atoms with Gasteiger partial charge in [0.25, 0.3) is 0 Å². The summed E-state index contributed by atoms with van der Waals surface area (Å²) in [7, 11) is -1.98. The zero-order chi connectivity index (χ0) is 14.0. The maximum atomic E-state index is 12.4. The topological polar surface area (TPSA) is 91.4 Å². The van der Waals surface area contributed by atoms with E-state index in [1.807, 2.05) is 0 Å². The summed E-state index contributed by atoms with van der Waals surface area (Å²) in [6.07, 6.45) is 1.29. The Hall–Kier alpha value is -1.67. The third-order valence-corrected chi connectivity index (χ3v) is 5.00. The molecule has 2 heterocycles. The van der Waals surface area contributed by atoms with E-state index in [0.29, 0.717) is 12.4 Å². The average Bonchev–Trinajstić information content (AvgIpc) is 2.41. The van der Waals surface area contributed by atoms with Crippen molar-refractivity contribution in [2.24, 2.45) is 0 Å². The lowest BCUT2D eigenvalue weighted by Gasteiger charge is -2.31. The Morgan fingerprint density at radius 2 is 2.21 bits per heavy atom. The maximum Gasteiger partial charge on any atom is 0.245 e. The van der Waals surface area contributed by atoms with E-state index in [0.717, 1.165) is 0 Å². The van der Waals surface area contributed by atoms with Gasteiger partial charge in [-0.2, -0.15) is 4.31 Å². The number of pyridine rings is 1. The van der Waals surface area contributed by atoms with Gasteiger partial charge in [-0.25, -0.2) is 13.4 Å². The van der Waals surface area contributed by atoms with Crippen molar-refractivity contribution in [3.63, 3.8) is 0 Å². The quantitative estimate of drug-likeness (QED) is 0.790. The van der Waals surface area contributed by atoms with Crippen molar-refractivity contribution < 1.29 is 13.2 Å². The fraction of sp³-hybridized carbons (Fsp3) is 0.455. The number of sulfonamides is 1. The van der Waals surface area contributed by atoms with Gasteiger partial charge in [-0.1, -0.05) is 0 Å². The molecule has 0 spiro atoms. The Labute approximate surface area is 112 Å². The zero-order valence-corrected chi connectivity index (χ0v) is 11.6. The summed E-state index contributed by atoms with van der Waals surface area (Å²) in [6.45, 7) is 2.16. The summed E-state index contributed by atoms with van der Waals surface area (Å²) in [5, 5.41) is 5.45. The number of piperazine rings is 1. The van der Waals surface area contributed by atoms with Crippen molar-refractivity contribution in [1.82, 2.24) is 14.6 Å². The number of hydrogen-bond acceptors (Lipinski definition) is 5. The summed E-state index contributed by atoms with van der Waals surface area (Å²) >= 11 is 0. The lowest BCUT2D eigenvalue weighted by atomic mass is 10.2. The molecule has 1 fully saturated rings. The van der Waals surface area contributed by atoms with E-state index < -0.39 is 16.1 Å². The van der Waals surface area contributed by atoms with Crippen LogP contribution in [0.4, 0.5) is 5.82 Å². The number of amides is 1. The predicted molar refractivity (Wildman–Crippen MR) is 70.1 cm³/mol. The third kappa shape index (κ3) is 2.54. The van der Waals surface area contributed by atoms with E-state index in [4.69, 9.17) is 0 Å². The van der Waals surface area contributed by atoms with Gasteiger partial charge in [-0.3, -0.25) is 4.79 Å². The molecule has 1 unspecified atom stereocenters. The first-order chi connectivity index (χ1) is 8.96. The predicted octanol–water partition coefficient (Wildman–Crippen LogP) is -0.368. The molecule has 2 rings (SSSR count). The van der Waals surface area contributed by atoms with Gasteiger partial charge < -0.3 is 10.6 Å². The van der Waals surface area contributed by atoms with Crippen molar-refractivity contribution >= 4 is 21.7 Å². The van der Waals surface area contributed by atoms with Gasteiger partial charge in [-0.15, -0.1) is 0 Å². The van der Waals surface area contributed by atoms with Crippen LogP contribution >= 0.6 is 0 Å². The first kappa shape index (κ1) is 13.8. The molecule has 19 heavy (non-hydrogen) atoms. The Morgan fingerprint density at radius 1 is 1.47 bits per heavy atom. The first-order valence-electron chi connectivity index (χ1n) is 5.90. The minimum atomic E-state index is -3.69. The standard InChI is InChI=1S/C11H16N4O3S/c1-8-11(16)13-5-6-15(8)19(17,18)9-3-4-10(12-2)14-7-9/h3-4,7-8H,5-6H2,1-2H3,(H,12,14)(H,13,16). The number of carbonyl (C=O) groups is 1. The molecule has 7 nitrogen and oxygen atoms in total. The van der Waals surface area contributed by atoms with E-state index in [-0.39, 0.29) is 17.3 Å². The second-order valence-electron chi connectivity index (χ2n) is 4.21. The summed E-state index contributed by atoms with van der Waals surface area (Å²) in [4.78, 5) is 15.6. The Balaban J connectivity index is 2.32. The van der Waals surface area contributed by atoms with E-state index in [2.05, 4.69) is 15.6 Å². The number of carbonyl (C=O) groups excluding carboxylic acids is 1. The van der Waals surface area contributed by atoms with E-state index >= 15 is 0 Å². The fourth-order valence-corrected chi connectivity index (χ4v) is 3.45. The molecule has 0 aliphatic carbocycles. The normalized spacial score (nSPS) is 20.9. The van der Waals surface area contributed by atoms with Crippen LogP contribution < -0.4 is 10.6 Å². The molecule has 1 aromatic rings. The van der Waals surface area contributed by atoms with Gasteiger partial charge in [0.15, 0.2) is 0 Å². The van der Waals surface area contributed by atoms with Crippen molar-refractivity contribution in [2.75, 3.05) is 25.5 Å². The summed E-state index contributed by atoms with van der Waals surface area (Å²) in [6, 6.07) is 2.36. The second-order valence-corrected chi connectivity index (χ2v) is 6.10. The molecule has 0 aromatic carbocycles. The molecule has 1 amide bonds. The van der Waals surface area contributed by atoms with Crippen molar-refractivity contribution in [3.8, 4) is 0 Å². The van der Waals surface area contributed by atoms with Crippen LogP contribution in [-0.2, 0) is 14.8 Å². The highest BCUT2D eigenvalue weighted by molar-refractivity contribution is 7.89. The highest BCUT2D eigenvalue weighted by atomic mass is 32.2. The SMILES string of the molecule is CNc1ccc(S(=O)(=O)N2CCNC(=O)C2C)cn1. The summed E-state index contributed by atoms with van der Waals surface area (Å²) in [5.74, 6) is 0.304. The van der Waals surface area contributed by atoms with Gasteiger partial charge in [0.1, 0.15) is 16.8 Å². The van der Waals surface area contributed by atoms with Gasteiger partial charge >= 0.3 is 0 Å². The van der Waals surface area contributed by atoms with E-state index in [9.17, 15) is 13.2 Å². The Kier molecular flexibility index (Phi) is 3.72. The highest BCUT2D eigenvalue weighted by Gasteiger charge is 2.35. The monoisotopic (exact) mass is 284 g/mol. The lowest BCUT2D eigenvalue weighted by Crippen LogP contribution is -2.55. The minimum Gasteiger partial charge on any atom is -0.373 e. The zero-order valence-electron chi connectivity index (χ0n) is 10.8. The molecule has 104 valence electrons. The van der Waals surface area contributed by atoms with E-state index in [1.165, 1.54) is 16.6 Å². The highest BCUT2D eigenvalue weighted by Crippen LogP contribution is 2.19. The Morgan fingerprint density at radius 3 is 2.79 bits per heavy atom. The van der Waals surface area contributed by atoms with Crippen LogP contribution in [0.1, 0.15) is 6.92 Å². The number of anilines is 1. The lowest BCUT2D eigenvalue weighted by molar-refractivity contribution is -0.126. The van der Waals surface area contributed by atoms with Crippen LogP contribution in [0.15, 0.2) is 23.2 Å². The van der Waals surface area contributed by atoms with Crippen LogP contribution in [0, 0.1) is 0 Å². The fourth-order valence-electron chi connectivity index (χ4n) is 1.91. The molecular weight excluding hydrogens is 268 g/mol. The van der Waals surface area contributed by atoms with E-state index in [1.54, 1.807) is 20.0 Å². The van der Waals surface area contributed by atoms with Crippen LogP contribution in [0.2, 0.25) is 0 Å². The molecule has 1 aromatic heterocycles. The van der Waals surface area contributed by atoms with Crippen LogP contribution in [0.25, 0.3) is 0 Å². The molecule has 1 aliphatic heterocycles. The number of hydrogen-bond donors (Lipinski definition) is 2. The van der Waals surface area contributed by atoms with Crippen LogP contribution in [0.5, 0.6) is 0 Å². The molecule has 0 saturated carbocycles. The van der Waals surface area contributed by atoms with Gasteiger partial charge in [-0.05, 0) is 19.1 Å². The average molecular weight is 284 g/mol. The van der Waals surface area contributed by atoms with Crippen LogP contribution in [0.3, 0.4) is 0 Å². The molecule has 1 saturated heterocycles. The minimum absolute atomic E-state index is 0.0908. The molecule has 1 atom stereocenters. The third-order valence-electron chi connectivity index (χ3n) is 3.04. The molecule has 2 N–H and O–H groups in total. The number of aromatic nitrogens is 1. The summed E-state index contributed by atoms with van der Waals surface area (Å²) in [5.41, 5.74) is 0. The smallest absolute Gasteiger partial charge is 0.245 e. The van der Waals surface area contributed by atoms with Gasteiger partial charge in [0, 0.05) is 26.3 Å². The number of nitrogens with one attached hydrogen (secondary N) is 2. The maximum absolute atomic E-state index is 12.4. The number of rotatable bonds is 3. The summed E-state index contributed by atoms with van der Waals surface area (Å²) < 4.78 is 26.1.